The molecule has 1 saturated heterocycles. The van der Waals surface area contributed by atoms with Crippen LogP contribution in [-0.2, 0) is 0 Å². The van der Waals surface area contributed by atoms with Crippen LogP contribution in [0.1, 0.15) is 30.3 Å². The zero-order valence-corrected chi connectivity index (χ0v) is 13.8. The van der Waals surface area contributed by atoms with Crippen molar-refractivity contribution in [1.82, 2.24) is 29.7 Å². The Morgan fingerprint density at radius 3 is 3.04 bits per heavy atom. The van der Waals surface area contributed by atoms with Crippen LogP contribution in [0.5, 0.6) is 0 Å². The van der Waals surface area contributed by atoms with E-state index >= 15 is 0 Å². The Morgan fingerprint density at radius 1 is 1.32 bits per heavy atom. The summed E-state index contributed by atoms with van der Waals surface area (Å²) in [7, 11) is 0. The molecule has 0 amide bonds. The zero-order chi connectivity index (χ0) is 17.0. The number of rotatable bonds is 2. The highest BCUT2D eigenvalue weighted by Crippen LogP contribution is 2.27. The maximum absolute atomic E-state index is 12.7. The summed E-state index contributed by atoms with van der Waals surface area (Å²) >= 11 is 0. The molecule has 4 heterocycles. The molecule has 1 N–H and O–H groups in total. The van der Waals surface area contributed by atoms with Gasteiger partial charge in [-0.1, -0.05) is 17.3 Å². The van der Waals surface area contributed by atoms with Gasteiger partial charge in [-0.15, -0.1) is 5.10 Å². The molecule has 4 aromatic rings. The van der Waals surface area contributed by atoms with E-state index in [0.29, 0.717) is 17.0 Å². The van der Waals surface area contributed by atoms with Crippen LogP contribution in [0.2, 0.25) is 0 Å². The molecule has 0 bridgehead atoms. The van der Waals surface area contributed by atoms with Crippen molar-refractivity contribution in [3.05, 3.63) is 53.4 Å². The highest BCUT2D eigenvalue weighted by atomic mass is 16.5. The molecular weight excluding hydrogens is 318 g/mol. The van der Waals surface area contributed by atoms with Gasteiger partial charge in [-0.3, -0.25) is 4.40 Å². The quantitative estimate of drug-likeness (QED) is 0.442. The molecule has 1 fully saturated rings. The molecule has 1 unspecified atom stereocenters. The number of benzene rings is 1. The molecule has 8 heteroatoms. The van der Waals surface area contributed by atoms with Crippen LogP contribution >= 0.6 is 0 Å². The average molecular weight is 335 g/mol. The maximum atomic E-state index is 12.7. The third-order valence-corrected chi connectivity index (χ3v) is 4.95. The van der Waals surface area contributed by atoms with Crippen molar-refractivity contribution in [3.63, 3.8) is 0 Å². The molecular formula is C17H17N7O. The van der Waals surface area contributed by atoms with Crippen molar-refractivity contribution in [2.45, 2.75) is 25.8 Å². The summed E-state index contributed by atoms with van der Waals surface area (Å²) in [6.45, 7) is 2.80. The summed E-state index contributed by atoms with van der Waals surface area (Å²) in [6.07, 6.45) is 5.69. The number of aryl methyl sites for hydroxylation is 1. The summed E-state index contributed by atoms with van der Waals surface area (Å²) < 4.78 is 4.66. The monoisotopic (exact) mass is 335 g/mol. The molecule has 5 rings (SSSR count). The van der Waals surface area contributed by atoms with Crippen LogP contribution in [-0.4, -0.2) is 30.9 Å². The molecule has 0 aliphatic carbocycles. The van der Waals surface area contributed by atoms with Crippen LogP contribution in [0, 0.1) is 12.1 Å². The van der Waals surface area contributed by atoms with Crippen LogP contribution in [0.25, 0.3) is 22.4 Å². The van der Waals surface area contributed by atoms with Gasteiger partial charge in [-0.2, -0.15) is 9.41 Å². The second-order valence-electron chi connectivity index (χ2n) is 6.37. The first-order valence-electron chi connectivity index (χ1n) is 8.38. The lowest BCUT2D eigenvalue weighted by atomic mass is 10.2. The van der Waals surface area contributed by atoms with E-state index in [1.54, 1.807) is 17.2 Å². The van der Waals surface area contributed by atoms with Crippen LogP contribution < -0.4 is 10.0 Å². The summed E-state index contributed by atoms with van der Waals surface area (Å²) in [5, 5.41) is 24.5. The third-order valence-electron chi connectivity index (χ3n) is 4.95. The number of para-hydroxylation sites is 2. The fourth-order valence-electron chi connectivity index (χ4n) is 3.71. The minimum atomic E-state index is 0.215. The van der Waals surface area contributed by atoms with E-state index in [9.17, 15) is 5.21 Å². The van der Waals surface area contributed by atoms with Crippen molar-refractivity contribution in [3.8, 4) is 5.82 Å². The molecule has 25 heavy (non-hydrogen) atoms. The Labute approximate surface area is 143 Å². The Hall–Kier alpha value is -3.00. The summed E-state index contributed by atoms with van der Waals surface area (Å²) in [4.78, 5) is 4.57. The molecule has 0 spiro atoms. The predicted octanol–water partition coefficient (Wildman–Crippen LogP) is 1.43. The minimum absolute atomic E-state index is 0.215. The van der Waals surface area contributed by atoms with Gasteiger partial charge >= 0.3 is 0 Å². The van der Waals surface area contributed by atoms with Gasteiger partial charge in [0.1, 0.15) is 11.8 Å². The molecule has 126 valence electrons. The molecule has 0 radical (unpaired) electrons. The first-order valence-corrected chi connectivity index (χ1v) is 8.38. The first-order chi connectivity index (χ1) is 12.3. The minimum Gasteiger partial charge on any atom is -0.618 e. The van der Waals surface area contributed by atoms with Crippen molar-refractivity contribution in [1.29, 1.82) is 0 Å². The lowest BCUT2D eigenvalue weighted by Crippen LogP contribution is -2.32. The van der Waals surface area contributed by atoms with E-state index in [0.717, 1.165) is 40.8 Å². The lowest BCUT2D eigenvalue weighted by Gasteiger charge is -2.12. The average Bonchev–Trinajstić information content (AvgIpc) is 3.38. The largest absolute Gasteiger partial charge is 0.618 e. The molecule has 1 aromatic carbocycles. The molecule has 8 nitrogen and oxygen atoms in total. The number of hydrogen-bond acceptors (Lipinski definition) is 5. The standard InChI is InChI=1S/C17H17N7O/c1-11-16-17(23-15(9-20-21-23)12-5-4-8-18-12)19-10-22(16)13-6-2-3-7-14(13)24(11)25/h2-3,6-7,9-10,12,18H,4-5,8H2,1H3. The van der Waals surface area contributed by atoms with E-state index in [4.69, 9.17) is 0 Å². The van der Waals surface area contributed by atoms with Crippen molar-refractivity contribution in [2.75, 3.05) is 6.54 Å². The fraction of sp³-hybridized carbons (Fsp3) is 0.294. The van der Waals surface area contributed by atoms with E-state index in [1.165, 1.54) is 0 Å². The fourth-order valence-corrected chi connectivity index (χ4v) is 3.71. The summed E-state index contributed by atoms with van der Waals surface area (Å²) in [6, 6.07) is 7.73. The van der Waals surface area contributed by atoms with Gasteiger partial charge in [0, 0.05) is 13.0 Å². The number of fused-ring (bicyclic) bond motifs is 3. The Morgan fingerprint density at radius 2 is 2.20 bits per heavy atom. The van der Waals surface area contributed by atoms with Gasteiger partial charge in [0.05, 0.1) is 17.9 Å². The Kier molecular flexibility index (Phi) is 3.01. The molecule has 0 saturated carbocycles. The summed E-state index contributed by atoms with van der Waals surface area (Å²) in [5.41, 5.74) is 3.75. The van der Waals surface area contributed by atoms with E-state index in [1.807, 2.05) is 35.6 Å². The third kappa shape index (κ3) is 1.97. The maximum Gasteiger partial charge on any atom is 0.241 e. The second-order valence-corrected chi connectivity index (χ2v) is 6.37. The first kappa shape index (κ1) is 14.4. The van der Waals surface area contributed by atoms with Crippen LogP contribution in [0.4, 0.5) is 0 Å². The molecule has 1 atom stereocenters. The smallest absolute Gasteiger partial charge is 0.241 e. The van der Waals surface area contributed by atoms with Gasteiger partial charge in [-0.05, 0) is 25.5 Å². The van der Waals surface area contributed by atoms with E-state index < -0.39 is 0 Å². The topological polar surface area (TPSA) is 87.0 Å². The Bertz CT molecular complexity index is 1090. The summed E-state index contributed by atoms with van der Waals surface area (Å²) in [5.74, 6) is 0.633. The van der Waals surface area contributed by atoms with Gasteiger partial charge in [0.2, 0.25) is 11.2 Å². The number of nitrogens with one attached hydrogen (secondary N) is 1. The molecule has 1 aliphatic heterocycles. The van der Waals surface area contributed by atoms with E-state index in [-0.39, 0.29) is 6.04 Å². The van der Waals surface area contributed by atoms with E-state index in [2.05, 4.69) is 20.6 Å². The number of nitrogens with zero attached hydrogens (tertiary/aromatic N) is 6. The highest BCUT2D eigenvalue weighted by molar-refractivity contribution is 5.78. The van der Waals surface area contributed by atoms with Crippen molar-refractivity contribution >= 4 is 16.6 Å². The molecule has 3 aromatic heterocycles. The Balaban J connectivity index is 1.80. The lowest BCUT2D eigenvalue weighted by molar-refractivity contribution is -0.583. The highest BCUT2D eigenvalue weighted by Gasteiger charge is 2.26. The van der Waals surface area contributed by atoms with Crippen molar-refractivity contribution < 1.29 is 4.73 Å². The number of aromatic nitrogens is 6. The van der Waals surface area contributed by atoms with Crippen LogP contribution in [0.15, 0.2) is 36.8 Å². The van der Waals surface area contributed by atoms with Crippen LogP contribution in [0.3, 0.4) is 0 Å². The van der Waals surface area contributed by atoms with Gasteiger partial charge in [0.25, 0.3) is 0 Å². The number of imidazole rings is 1. The van der Waals surface area contributed by atoms with Crippen molar-refractivity contribution in [2.24, 2.45) is 0 Å². The second kappa shape index (κ2) is 5.25. The number of hydrogen-bond donors (Lipinski definition) is 1. The zero-order valence-electron chi connectivity index (χ0n) is 13.8. The normalized spacial score (nSPS) is 17.7. The van der Waals surface area contributed by atoms with Gasteiger partial charge < -0.3 is 10.5 Å². The van der Waals surface area contributed by atoms with Gasteiger partial charge in [0.15, 0.2) is 11.3 Å². The van der Waals surface area contributed by atoms with Gasteiger partial charge in [-0.25, -0.2) is 4.98 Å². The predicted molar refractivity (Wildman–Crippen MR) is 91.3 cm³/mol. The SMILES string of the molecule is Cc1c2c(-n3nncc3C3CCCN3)ncn2c2ccccc2[n+]1[O-]. The molecule has 1 aliphatic rings.